The van der Waals surface area contributed by atoms with E-state index in [0.29, 0.717) is 19.3 Å². The number of unbranched alkanes of at least 4 members (excludes halogenated alkanes) is 17. The second-order valence-electron chi connectivity index (χ2n) is 16.5. The summed E-state index contributed by atoms with van der Waals surface area (Å²) in [6, 6.07) is 0. The van der Waals surface area contributed by atoms with Crippen LogP contribution in [0.5, 0.6) is 0 Å². The maximum Gasteiger partial charge on any atom is 0.472 e. The third-order valence-electron chi connectivity index (χ3n) is 10.7. The topological polar surface area (TPSA) is 230 Å². The zero-order valence-corrected chi connectivity index (χ0v) is 38.7. The molecule has 1 aliphatic rings. The van der Waals surface area contributed by atoms with Crippen LogP contribution in [-0.4, -0.2) is 110 Å². The number of allylic oxidation sites excluding steroid dienone is 7. The number of phosphoric acid groups is 1. The van der Waals surface area contributed by atoms with Gasteiger partial charge >= 0.3 is 19.8 Å². The normalized spacial score (nSPS) is 22.8. The van der Waals surface area contributed by atoms with Crippen molar-refractivity contribution in [2.75, 3.05) is 13.2 Å². The third-order valence-corrected chi connectivity index (χ3v) is 11.7. The molecular weight excluding hydrogens is 819 g/mol. The van der Waals surface area contributed by atoms with E-state index in [0.717, 1.165) is 51.4 Å². The van der Waals surface area contributed by atoms with E-state index in [1.807, 2.05) is 12.2 Å². The molecule has 0 aliphatic heterocycles. The number of phosphoric ester groups is 1. The number of esters is 2. The summed E-state index contributed by atoms with van der Waals surface area (Å²) >= 11 is 0. The molecule has 0 aromatic carbocycles. The van der Waals surface area contributed by atoms with Crippen LogP contribution in [0.3, 0.4) is 0 Å². The fourth-order valence-electron chi connectivity index (χ4n) is 6.88. The molecule has 360 valence electrons. The first-order valence-corrected chi connectivity index (χ1v) is 25.0. The molecule has 15 heteroatoms. The van der Waals surface area contributed by atoms with E-state index >= 15 is 0 Å². The molecule has 62 heavy (non-hydrogen) atoms. The van der Waals surface area contributed by atoms with Gasteiger partial charge in [0.25, 0.3) is 0 Å². The van der Waals surface area contributed by atoms with E-state index in [2.05, 4.69) is 38.2 Å². The molecule has 0 bridgehead atoms. The van der Waals surface area contributed by atoms with Gasteiger partial charge in [0.2, 0.25) is 0 Å². The largest absolute Gasteiger partial charge is 0.472 e. The molecule has 1 fully saturated rings. The third kappa shape index (κ3) is 29.3. The number of hydrogen-bond acceptors (Lipinski definition) is 13. The number of carbonyl (C=O) groups excluding carboxylic acids is 2. The average Bonchev–Trinajstić information content (AvgIpc) is 3.25. The van der Waals surface area contributed by atoms with E-state index < -0.39 is 81.8 Å². The summed E-state index contributed by atoms with van der Waals surface area (Å²) in [5.41, 5.74) is 0. The molecule has 0 aromatic heterocycles. The lowest BCUT2D eigenvalue weighted by Crippen LogP contribution is -2.64. The zero-order chi connectivity index (χ0) is 45.9. The van der Waals surface area contributed by atoms with Crippen LogP contribution in [0.1, 0.15) is 174 Å². The minimum atomic E-state index is -5.16. The summed E-state index contributed by atoms with van der Waals surface area (Å²) in [6.07, 6.45) is 26.1. The minimum Gasteiger partial charge on any atom is -0.462 e. The van der Waals surface area contributed by atoms with Crippen LogP contribution in [0, 0.1) is 0 Å². The Morgan fingerprint density at radius 2 is 1.06 bits per heavy atom. The van der Waals surface area contributed by atoms with Crippen molar-refractivity contribution in [2.24, 2.45) is 0 Å². The molecule has 0 amide bonds. The highest BCUT2D eigenvalue weighted by Crippen LogP contribution is 2.47. The van der Waals surface area contributed by atoms with Crippen LogP contribution >= 0.6 is 7.82 Å². The Kier molecular flexibility index (Phi) is 34.5. The van der Waals surface area contributed by atoms with Crippen molar-refractivity contribution in [3.05, 3.63) is 48.6 Å². The SMILES string of the molecule is CCCCCCCC/C=C\CCCCCCCC(=O)O[C@H](COC(=O)CCCC(O)/C=C/C=C/C/C=C/CCCCCCCC)COP(=O)(O)OC1[C@H](O)[C@H](O)C(O)[C@H](O)[C@H]1O. The molecule has 9 atom stereocenters. The van der Waals surface area contributed by atoms with Gasteiger partial charge in [0.1, 0.15) is 43.2 Å². The van der Waals surface area contributed by atoms with E-state index in [9.17, 15) is 49.7 Å². The molecule has 0 spiro atoms. The first kappa shape index (κ1) is 57.8. The van der Waals surface area contributed by atoms with Gasteiger partial charge in [0, 0.05) is 12.8 Å². The highest BCUT2D eigenvalue weighted by atomic mass is 31.2. The van der Waals surface area contributed by atoms with Crippen LogP contribution in [0.4, 0.5) is 0 Å². The Morgan fingerprint density at radius 1 is 0.581 bits per heavy atom. The molecule has 0 radical (unpaired) electrons. The first-order valence-electron chi connectivity index (χ1n) is 23.5. The smallest absolute Gasteiger partial charge is 0.462 e. The zero-order valence-electron chi connectivity index (χ0n) is 37.8. The van der Waals surface area contributed by atoms with Crippen LogP contribution in [-0.2, 0) is 32.7 Å². The summed E-state index contributed by atoms with van der Waals surface area (Å²) in [4.78, 5) is 35.7. The summed E-state index contributed by atoms with van der Waals surface area (Å²) in [5.74, 6) is -1.31. The van der Waals surface area contributed by atoms with Crippen molar-refractivity contribution in [3.63, 3.8) is 0 Å². The molecule has 0 aromatic rings. The fraction of sp³-hybridized carbons (Fsp3) is 0.787. The van der Waals surface area contributed by atoms with Crippen LogP contribution in [0.25, 0.3) is 0 Å². The maximum absolute atomic E-state index is 12.8. The quantitative estimate of drug-likeness (QED) is 0.0102. The van der Waals surface area contributed by atoms with E-state index in [1.165, 1.54) is 77.0 Å². The van der Waals surface area contributed by atoms with E-state index in [1.54, 1.807) is 12.2 Å². The Morgan fingerprint density at radius 3 is 1.63 bits per heavy atom. The van der Waals surface area contributed by atoms with Crippen molar-refractivity contribution in [2.45, 2.75) is 223 Å². The molecule has 1 saturated carbocycles. The average molecular weight is 903 g/mol. The van der Waals surface area contributed by atoms with Crippen LogP contribution in [0.15, 0.2) is 48.6 Å². The first-order chi connectivity index (χ1) is 29.8. The monoisotopic (exact) mass is 903 g/mol. The van der Waals surface area contributed by atoms with Gasteiger partial charge in [-0.1, -0.05) is 146 Å². The molecule has 1 rings (SSSR count). The molecule has 1 aliphatic carbocycles. The van der Waals surface area contributed by atoms with Gasteiger partial charge in [-0.25, -0.2) is 4.57 Å². The predicted octanol–water partition coefficient (Wildman–Crippen LogP) is 8.14. The van der Waals surface area contributed by atoms with Gasteiger partial charge in [-0.05, 0) is 64.2 Å². The minimum absolute atomic E-state index is 0.0466. The maximum atomic E-state index is 12.8. The lowest BCUT2D eigenvalue weighted by atomic mass is 9.85. The van der Waals surface area contributed by atoms with Gasteiger partial charge < -0.3 is 45.0 Å². The molecule has 0 heterocycles. The summed E-state index contributed by atoms with van der Waals surface area (Å²) in [5, 5.41) is 60.4. The van der Waals surface area contributed by atoms with Gasteiger partial charge in [-0.2, -0.15) is 0 Å². The number of aliphatic hydroxyl groups is 6. The van der Waals surface area contributed by atoms with Crippen molar-refractivity contribution in [3.8, 4) is 0 Å². The molecule has 14 nitrogen and oxygen atoms in total. The summed E-state index contributed by atoms with van der Waals surface area (Å²) in [6.45, 7) is 3.11. The molecule has 7 N–H and O–H groups in total. The summed E-state index contributed by atoms with van der Waals surface area (Å²) < 4.78 is 33.4. The number of rotatable bonds is 38. The second kappa shape index (κ2) is 37.0. The molecule has 0 saturated heterocycles. The lowest BCUT2D eigenvalue weighted by Gasteiger charge is -2.41. The predicted molar refractivity (Wildman–Crippen MR) is 241 cm³/mol. The van der Waals surface area contributed by atoms with Crippen LogP contribution in [0.2, 0.25) is 0 Å². The van der Waals surface area contributed by atoms with Crippen molar-refractivity contribution >= 4 is 19.8 Å². The Hall–Kier alpha value is -2.23. The van der Waals surface area contributed by atoms with Crippen molar-refractivity contribution in [1.82, 2.24) is 0 Å². The highest BCUT2D eigenvalue weighted by Gasteiger charge is 2.51. The van der Waals surface area contributed by atoms with E-state index in [-0.39, 0.29) is 12.8 Å². The molecule has 4 unspecified atom stereocenters. The Bertz CT molecular complexity index is 1290. The number of hydrogen-bond donors (Lipinski definition) is 7. The molecular formula is C47H83O14P. The van der Waals surface area contributed by atoms with Gasteiger partial charge in [0.05, 0.1) is 12.7 Å². The number of aliphatic hydroxyl groups excluding tert-OH is 6. The van der Waals surface area contributed by atoms with Crippen molar-refractivity contribution in [1.29, 1.82) is 0 Å². The van der Waals surface area contributed by atoms with Gasteiger partial charge in [-0.15, -0.1) is 0 Å². The van der Waals surface area contributed by atoms with Gasteiger partial charge in [-0.3, -0.25) is 18.6 Å². The lowest BCUT2D eigenvalue weighted by molar-refractivity contribution is -0.220. The van der Waals surface area contributed by atoms with E-state index in [4.69, 9.17) is 18.5 Å². The Balaban J connectivity index is 2.55. The second-order valence-corrected chi connectivity index (χ2v) is 17.9. The van der Waals surface area contributed by atoms with Crippen molar-refractivity contribution < 1.29 is 68.2 Å². The van der Waals surface area contributed by atoms with Crippen LogP contribution < -0.4 is 0 Å². The highest BCUT2D eigenvalue weighted by molar-refractivity contribution is 7.47. The standard InChI is InChI=1S/C47H83O14P/c1-3-5-7-9-11-13-15-17-18-20-22-24-26-28-30-34-41(50)60-39(37-59-62(56,57)61-47-45(54)43(52)42(51)44(53)46(47)55)36-58-40(49)35-31-33-38(48)32-29-27-25-23-21-19-16-14-12-10-8-6-4-2/h17-19,21,25,27,29,32,38-39,42-48,51-55H,3-16,20,22-24,26,28,30-31,33-37H2,1-2H3,(H,56,57)/b18-17-,21-19+,27-25+,32-29+/t38?,39-,42?,43-,44+,45-,46-,47?/m1/s1. The number of carbonyl (C=O) groups is 2. The Labute approximate surface area is 372 Å². The fourth-order valence-corrected chi connectivity index (χ4v) is 7.85. The van der Waals surface area contributed by atoms with Gasteiger partial charge in [0.15, 0.2) is 6.10 Å². The number of ether oxygens (including phenoxy) is 2. The summed E-state index contributed by atoms with van der Waals surface area (Å²) in [7, 11) is -5.16.